The third-order valence-electron chi connectivity index (χ3n) is 8.50. The van der Waals surface area contributed by atoms with Gasteiger partial charge in [-0.1, -0.05) is 5.16 Å². The van der Waals surface area contributed by atoms with Crippen LogP contribution >= 0.6 is 0 Å². The minimum Gasteiger partial charge on any atom is -0.495 e. The molecule has 3 heterocycles. The maximum atomic E-state index is 14.3. The first-order chi connectivity index (χ1) is 20.3. The SMILES string of the molecule is COc1cncc(C(C)(C)NC(=O)CC2(NC(=O)c3cc(-c4ccc(F)cc4F)on3)CN(C3CCC(C)(O)CC3)C2)c1. The van der Waals surface area contributed by atoms with Crippen molar-refractivity contribution in [2.75, 3.05) is 20.2 Å². The van der Waals surface area contributed by atoms with Gasteiger partial charge in [0.1, 0.15) is 17.4 Å². The van der Waals surface area contributed by atoms with Crippen molar-refractivity contribution in [2.24, 2.45) is 0 Å². The van der Waals surface area contributed by atoms with Crippen molar-refractivity contribution in [1.82, 2.24) is 25.7 Å². The average molecular weight is 598 g/mol. The zero-order valence-electron chi connectivity index (χ0n) is 24.7. The predicted molar refractivity (Wildman–Crippen MR) is 153 cm³/mol. The van der Waals surface area contributed by atoms with Gasteiger partial charge < -0.3 is 25.0 Å². The number of rotatable bonds is 9. The Morgan fingerprint density at radius 1 is 1.16 bits per heavy atom. The first-order valence-electron chi connectivity index (χ1n) is 14.3. The van der Waals surface area contributed by atoms with E-state index in [0.29, 0.717) is 31.7 Å². The summed E-state index contributed by atoms with van der Waals surface area (Å²) in [5, 5.41) is 20.2. The van der Waals surface area contributed by atoms with Crippen LogP contribution in [0.2, 0.25) is 0 Å². The van der Waals surface area contributed by atoms with Gasteiger partial charge in [-0.05, 0) is 70.2 Å². The fourth-order valence-electron chi connectivity index (χ4n) is 5.96. The molecule has 2 amide bonds. The summed E-state index contributed by atoms with van der Waals surface area (Å²) in [7, 11) is 1.54. The van der Waals surface area contributed by atoms with Crippen LogP contribution in [0.1, 0.15) is 68.9 Å². The van der Waals surface area contributed by atoms with Gasteiger partial charge in [-0.3, -0.25) is 19.5 Å². The number of nitrogens with one attached hydrogen (secondary N) is 2. The summed E-state index contributed by atoms with van der Waals surface area (Å²) < 4.78 is 38.1. The van der Waals surface area contributed by atoms with E-state index >= 15 is 0 Å². The smallest absolute Gasteiger partial charge is 0.274 e. The zero-order chi connectivity index (χ0) is 31.0. The summed E-state index contributed by atoms with van der Waals surface area (Å²) in [6, 6.07) is 6.35. The standard InChI is InChI=1S/C31H37F2N5O5/c1-29(2,19-11-22(42-4)16-34-15-19)35-27(39)14-31(17-38(18-31)21-7-9-30(3,41)10-8-21)36-28(40)25-13-26(43-37-25)23-6-5-20(32)12-24(23)33/h5-6,11-13,15-16,21,41H,7-10,14,17-18H2,1-4H3,(H,35,39)(H,36,40). The number of carbonyl (C=O) groups is 2. The first-order valence-corrected chi connectivity index (χ1v) is 14.3. The van der Waals surface area contributed by atoms with Crippen LogP contribution in [-0.2, 0) is 10.3 Å². The molecule has 2 aromatic heterocycles. The molecule has 3 aromatic rings. The first kappa shape index (κ1) is 30.6. The van der Waals surface area contributed by atoms with Crippen LogP contribution in [0.25, 0.3) is 11.3 Å². The summed E-state index contributed by atoms with van der Waals surface area (Å²) in [6.07, 6.45) is 6.23. The topological polar surface area (TPSA) is 130 Å². The fourth-order valence-corrected chi connectivity index (χ4v) is 5.96. The largest absolute Gasteiger partial charge is 0.495 e. The summed E-state index contributed by atoms with van der Waals surface area (Å²) in [5.41, 5.74) is -1.72. The number of aliphatic hydroxyl groups is 1. The summed E-state index contributed by atoms with van der Waals surface area (Å²) in [4.78, 5) is 33.3. The summed E-state index contributed by atoms with van der Waals surface area (Å²) in [5.74, 6) is -1.88. The third-order valence-corrected chi connectivity index (χ3v) is 8.50. The maximum Gasteiger partial charge on any atom is 0.274 e. The number of amides is 2. The molecule has 0 unspecified atom stereocenters. The molecule has 10 nitrogen and oxygen atoms in total. The Morgan fingerprint density at radius 2 is 1.88 bits per heavy atom. The molecule has 0 radical (unpaired) electrons. The molecule has 0 atom stereocenters. The Labute approximate surface area is 248 Å². The number of methoxy groups -OCH3 is 1. The number of benzene rings is 1. The number of halogens is 2. The Balaban J connectivity index is 1.31. The van der Waals surface area contributed by atoms with Crippen molar-refractivity contribution >= 4 is 11.8 Å². The average Bonchev–Trinajstić information content (AvgIpc) is 3.41. The fraction of sp³-hybridized carbons (Fsp3) is 0.484. The number of hydrogen-bond acceptors (Lipinski definition) is 8. The second-order valence-electron chi connectivity index (χ2n) is 12.5. The van der Waals surface area contributed by atoms with E-state index in [9.17, 15) is 23.5 Å². The van der Waals surface area contributed by atoms with E-state index in [1.54, 1.807) is 25.6 Å². The molecule has 5 rings (SSSR count). The van der Waals surface area contributed by atoms with Gasteiger partial charge in [-0.15, -0.1) is 0 Å². The minimum absolute atomic E-state index is 0.00218. The van der Waals surface area contributed by atoms with E-state index in [4.69, 9.17) is 9.26 Å². The molecule has 1 aromatic carbocycles. The van der Waals surface area contributed by atoms with E-state index in [2.05, 4.69) is 25.7 Å². The van der Waals surface area contributed by atoms with E-state index in [1.165, 1.54) is 12.1 Å². The van der Waals surface area contributed by atoms with Crippen LogP contribution < -0.4 is 15.4 Å². The zero-order valence-corrected chi connectivity index (χ0v) is 24.7. The van der Waals surface area contributed by atoms with Crippen molar-refractivity contribution < 1.29 is 32.7 Å². The van der Waals surface area contributed by atoms with E-state index in [-0.39, 0.29) is 35.4 Å². The molecule has 12 heteroatoms. The van der Waals surface area contributed by atoms with Crippen LogP contribution in [-0.4, -0.2) is 69.3 Å². The number of likely N-dealkylation sites (tertiary alicyclic amines) is 1. The number of hydrogen-bond donors (Lipinski definition) is 3. The lowest BCUT2D eigenvalue weighted by atomic mass is 9.78. The molecule has 230 valence electrons. The van der Waals surface area contributed by atoms with Crippen LogP contribution in [0, 0.1) is 11.6 Å². The number of pyridine rings is 1. The number of nitrogens with zero attached hydrogens (tertiary/aromatic N) is 3. The molecule has 1 saturated carbocycles. The van der Waals surface area contributed by atoms with Gasteiger partial charge in [0.25, 0.3) is 5.91 Å². The van der Waals surface area contributed by atoms with Gasteiger partial charge in [0.05, 0.1) is 42.0 Å². The Morgan fingerprint density at radius 3 is 2.56 bits per heavy atom. The molecular formula is C31H37F2N5O5. The van der Waals surface area contributed by atoms with Gasteiger partial charge in [0.2, 0.25) is 5.91 Å². The molecule has 1 aliphatic carbocycles. The van der Waals surface area contributed by atoms with Crippen molar-refractivity contribution in [3.63, 3.8) is 0 Å². The van der Waals surface area contributed by atoms with Gasteiger partial charge in [-0.2, -0.15) is 0 Å². The maximum absolute atomic E-state index is 14.3. The van der Waals surface area contributed by atoms with Gasteiger partial charge >= 0.3 is 0 Å². The van der Waals surface area contributed by atoms with E-state index < -0.39 is 34.2 Å². The minimum atomic E-state index is -0.899. The molecule has 0 bridgehead atoms. The summed E-state index contributed by atoms with van der Waals surface area (Å²) >= 11 is 0. The van der Waals surface area contributed by atoms with E-state index in [0.717, 1.165) is 30.5 Å². The molecule has 1 aliphatic heterocycles. The summed E-state index contributed by atoms with van der Waals surface area (Å²) in [6.45, 7) is 6.42. The molecule has 3 N–H and O–H groups in total. The Kier molecular flexibility index (Phi) is 8.28. The quantitative estimate of drug-likeness (QED) is 0.338. The number of carbonyl (C=O) groups excluding carboxylic acids is 2. The second kappa shape index (κ2) is 11.6. The lowest BCUT2D eigenvalue weighted by Gasteiger charge is -2.54. The highest BCUT2D eigenvalue weighted by Crippen LogP contribution is 2.36. The molecule has 2 fully saturated rings. The highest BCUT2D eigenvalue weighted by atomic mass is 19.1. The van der Waals surface area contributed by atoms with Crippen LogP contribution in [0.5, 0.6) is 5.75 Å². The normalized spacial score (nSPS) is 22.0. The molecule has 43 heavy (non-hydrogen) atoms. The van der Waals surface area contributed by atoms with Crippen molar-refractivity contribution in [1.29, 1.82) is 0 Å². The predicted octanol–water partition coefficient (Wildman–Crippen LogP) is 3.94. The van der Waals surface area contributed by atoms with E-state index in [1.807, 2.05) is 20.8 Å². The third kappa shape index (κ3) is 6.86. The lowest BCUT2D eigenvalue weighted by Crippen LogP contribution is -2.73. The monoisotopic (exact) mass is 597 g/mol. The van der Waals surface area contributed by atoms with Crippen LogP contribution in [0.3, 0.4) is 0 Å². The molecule has 2 aliphatic rings. The second-order valence-corrected chi connectivity index (χ2v) is 12.5. The number of ether oxygens (including phenoxy) is 1. The Hall–Kier alpha value is -3.90. The van der Waals surface area contributed by atoms with Crippen molar-refractivity contribution in [3.05, 3.63) is 65.6 Å². The van der Waals surface area contributed by atoms with Gasteiger partial charge in [0, 0.05) is 37.5 Å². The van der Waals surface area contributed by atoms with Crippen LogP contribution in [0.4, 0.5) is 8.78 Å². The highest BCUT2D eigenvalue weighted by Gasteiger charge is 2.49. The number of aromatic nitrogens is 2. The lowest BCUT2D eigenvalue weighted by molar-refractivity contribution is -0.127. The molecule has 0 spiro atoms. The van der Waals surface area contributed by atoms with Crippen molar-refractivity contribution in [3.8, 4) is 17.1 Å². The molecule has 1 saturated heterocycles. The van der Waals surface area contributed by atoms with Gasteiger partial charge in [0.15, 0.2) is 11.5 Å². The van der Waals surface area contributed by atoms with Gasteiger partial charge in [-0.25, -0.2) is 8.78 Å². The highest BCUT2D eigenvalue weighted by molar-refractivity contribution is 5.94. The van der Waals surface area contributed by atoms with Crippen molar-refractivity contribution in [2.45, 2.75) is 75.6 Å². The Bertz CT molecular complexity index is 1490. The molecular weight excluding hydrogens is 560 g/mol. The van der Waals surface area contributed by atoms with Crippen LogP contribution in [0.15, 0.2) is 47.2 Å².